The van der Waals surface area contributed by atoms with Crippen LogP contribution in [0.15, 0.2) is 42.5 Å². The molecule has 0 unspecified atom stereocenters. The van der Waals surface area contributed by atoms with Crippen LogP contribution < -0.4 is 5.32 Å². The third-order valence-corrected chi connectivity index (χ3v) is 3.34. The van der Waals surface area contributed by atoms with Crippen molar-refractivity contribution in [2.24, 2.45) is 0 Å². The van der Waals surface area contributed by atoms with Crippen LogP contribution in [0.4, 0.5) is 5.69 Å². The maximum atomic E-state index is 12.0. The summed E-state index contributed by atoms with van der Waals surface area (Å²) in [7, 11) is 0. The van der Waals surface area contributed by atoms with E-state index in [4.69, 9.17) is 5.11 Å². The number of aromatic carboxylic acids is 1. The monoisotopic (exact) mass is 383 g/mol. The Kier molecular flexibility index (Phi) is 4.23. The quantitative estimate of drug-likeness (QED) is 0.562. The van der Waals surface area contributed by atoms with Gasteiger partial charge < -0.3 is 15.5 Å². The number of halogens is 1. The summed E-state index contributed by atoms with van der Waals surface area (Å²) in [5.74, 6) is -2.13. The molecular weight excluding hydrogens is 373 g/mol. The number of amides is 1. The first-order valence-electron chi connectivity index (χ1n) is 5.61. The minimum absolute atomic E-state index is 0.0634. The Bertz CT molecular complexity index is 667. The van der Waals surface area contributed by atoms with Crippen molar-refractivity contribution in [1.82, 2.24) is 0 Å². The highest BCUT2D eigenvalue weighted by molar-refractivity contribution is 14.1. The summed E-state index contributed by atoms with van der Waals surface area (Å²) in [5.41, 5.74) is 0.226. The standard InChI is InChI=1S/C14H10INO4/c15-9-6-4-8(5-7-9)13(18)16-11-3-1-2-10(12(11)17)14(19)20/h1-7,17H,(H,16,18)(H,19,20). The second-order valence-corrected chi connectivity index (χ2v) is 5.21. The average molecular weight is 383 g/mol. The SMILES string of the molecule is O=C(Nc1cccc(C(=O)O)c1O)c1ccc(I)cc1. The van der Waals surface area contributed by atoms with Crippen LogP contribution in [0.2, 0.25) is 0 Å². The molecule has 1 amide bonds. The molecule has 0 aliphatic carbocycles. The van der Waals surface area contributed by atoms with Gasteiger partial charge in [-0.3, -0.25) is 4.79 Å². The third kappa shape index (κ3) is 3.08. The summed E-state index contributed by atoms with van der Waals surface area (Å²) >= 11 is 2.12. The van der Waals surface area contributed by atoms with Gasteiger partial charge in [-0.05, 0) is 59.0 Å². The summed E-state index contributed by atoms with van der Waals surface area (Å²) in [4.78, 5) is 22.9. The average Bonchev–Trinajstić information content (AvgIpc) is 2.41. The van der Waals surface area contributed by atoms with Gasteiger partial charge in [0.1, 0.15) is 5.56 Å². The second-order valence-electron chi connectivity index (χ2n) is 3.97. The first kappa shape index (κ1) is 14.3. The molecule has 3 N–H and O–H groups in total. The van der Waals surface area contributed by atoms with Gasteiger partial charge in [-0.2, -0.15) is 0 Å². The van der Waals surface area contributed by atoms with Gasteiger partial charge in [0.25, 0.3) is 5.91 Å². The first-order valence-corrected chi connectivity index (χ1v) is 6.69. The Hall–Kier alpha value is -2.09. The normalized spacial score (nSPS) is 10.1. The summed E-state index contributed by atoms with van der Waals surface area (Å²) < 4.78 is 0.995. The Balaban J connectivity index is 2.26. The maximum Gasteiger partial charge on any atom is 0.339 e. The van der Waals surface area contributed by atoms with Crippen LogP contribution in [0.3, 0.4) is 0 Å². The first-order chi connectivity index (χ1) is 9.49. The predicted octanol–water partition coefficient (Wildman–Crippen LogP) is 2.95. The van der Waals surface area contributed by atoms with Crippen molar-refractivity contribution in [1.29, 1.82) is 0 Å². The molecule has 0 heterocycles. The molecule has 2 aromatic rings. The highest BCUT2D eigenvalue weighted by Gasteiger charge is 2.15. The number of benzene rings is 2. The maximum absolute atomic E-state index is 12.0. The van der Waals surface area contributed by atoms with E-state index in [1.807, 2.05) is 0 Å². The minimum atomic E-state index is -1.26. The Labute approximate surface area is 128 Å². The fraction of sp³-hybridized carbons (Fsp3) is 0. The number of anilines is 1. The minimum Gasteiger partial charge on any atom is -0.505 e. The summed E-state index contributed by atoms with van der Waals surface area (Å²) in [6, 6.07) is 11.0. The van der Waals surface area contributed by atoms with E-state index < -0.39 is 17.6 Å². The van der Waals surface area contributed by atoms with Gasteiger partial charge in [0.05, 0.1) is 5.69 Å². The largest absolute Gasteiger partial charge is 0.505 e. The number of rotatable bonds is 3. The lowest BCUT2D eigenvalue weighted by Crippen LogP contribution is -2.12. The molecule has 102 valence electrons. The lowest BCUT2D eigenvalue weighted by Gasteiger charge is -2.09. The molecule has 0 aromatic heterocycles. The second kappa shape index (κ2) is 5.91. The van der Waals surface area contributed by atoms with Crippen molar-refractivity contribution < 1.29 is 19.8 Å². The number of carboxylic acid groups (broad SMARTS) is 1. The molecule has 0 aliphatic heterocycles. The summed E-state index contributed by atoms with van der Waals surface area (Å²) in [5, 5.41) is 21.2. The number of carbonyl (C=O) groups is 2. The molecule has 0 fully saturated rings. The van der Waals surface area contributed by atoms with Gasteiger partial charge in [-0.25, -0.2) is 4.79 Å². The molecule has 0 radical (unpaired) electrons. The van der Waals surface area contributed by atoms with Crippen LogP contribution in [-0.2, 0) is 0 Å². The van der Waals surface area contributed by atoms with Crippen molar-refractivity contribution in [2.45, 2.75) is 0 Å². The van der Waals surface area contributed by atoms with E-state index in [9.17, 15) is 14.7 Å². The van der Waals surface area contributed by atoms with Gasteiger partial charge in [-0.15, -0.1) is 0 Å². The van der Waals surface area contributed by atoms with E-state index in [1.165, 1.54) is 18.2 Å². The lowest BCUT2D eigenvalue weighted by atomic mass is 10.1. The predicted molar refractivity (Wildman–Crippen MR) is 82.2 cm³/mol. The van der Waals surface area contributed by atoms with Crippen LogP contribution in [-0.4, -0.2) is 22.1 Å². The number of hydrogen-bond donors (Lipinski definition) is 3. The molecular formula is C14H10INO4. The van der Waals surface area contributed by atoms with Gasteiger partial charge >= 0.3 is 5.97 Å². The Morgan fingerprint density at radius 3 is 2.30 bits per heavy atom. The number of hydrogen-bond acceptors (Lipinski definition) is 3. The van der Waals surface area contributed by atoms with Crippen LogP contribution in [0.5, 0.6) is 5.75 Å². The third-order valence-electron chi connectivity index (χ3n) is 2.62. The molecule has 0 saturated heterocycles. The Morgan fingerprint density at radius 2 is 1.70 bits per heavy atom. The molecule has 0 spiro atoms. The lowest BCUT2D eigenvalue weighted by molar-refractivity contribution is 0.0693. The smallest absolute Gasteiger partial charge is 0.339 e. The molecule has 0 aliphatic rings. The molecule has 2 aromatic carbocycles. The van der Waals surface area contributed by atoms with Crippen molar-refractivity contribution in [3.8, 4) is 5.75 Å². The van der Waals surface area contributed by atoms with Gasteiger partial charge in [0.2, 0.25) is 0 Å². The van der Waals surface area contributed by atoms with Crippen molar-refractivity contribution >= 4 is 40.2 Å². The molecule has 5 nitrogen and oxygen atoms in total. The summed E-state index contributed by atoms with van der Waals surface area (Å²) in [6.07, 6.45) is 0. The summed E-state index contributed by atoms with van der Waals surface area (Å²) in [6.45, 7) is 0. The van der Waals surface area contributed by atoms with Crippen LogP contribution in [0.25, 0.3) is 0 Å². The molecule has 2 rings (SSSR count). The van der Waals surface area contributed by atoms with Crippen LogP contribution in [0, 0.1) is 3.57 Å². The van der Waals surface area contributed by atoms with Crippen molar-refractivity contribution in [2.75, 3.05) is 5.32 Å². The number of phenols is 1. The zero-order valence-electron chi connectivity index (χ0n) is 10.1. The molecule has 20 heavy (non-hydrogen) atoms. The van der Waals surface area contributed by atoms with Gasteiger partial charge in [-0.1, -0.05) is 6.07 Å². The highest BCUT2D eigenvalue weighted by Crippen LogP contribution is 2.27. The number of carboxylic acids is 1. The van der Waals surface area contributed by atoms with Gasteiger partial charge in [0.15, 0.2) is 5.75 Å². The van der Waals surface area contributed by atoms with E-state index in [2.05, 4.69) is 27.9 Å². The molecule has 0 bridgehead atoms. The number of aromatic hydroxyl groups is 1. The molecule has 6 heteroatoms. The molecule has 0 saturated carbocycles. The van der Waals surface area contributed by atoms with Crippen molar-refractivity contribution in [3.05, 3.63) is 57.2 Å². The fourth-order valence-electron chi connectivity index (χ4n) is 1.61. The van der Waals surface area contributed by atoms with E-state index >= 15 is 0 Å². The van der Waals surface area contributed by atoms with Crippen molar-refractivity contribution in [3.63, 3.8) is 0 Å². The van der Waals surface area contributed by atoms with E-state index in [-0.39, 0.29) is 11.3 Å². The van der Waals surface area contributed by atoms with Crippen LogP contribution >= 0.6 is 22.6 Å². The highest BCUT2D eigenvalue weighted by atomic mass is 127. The van der Waals surface area contributed by atoms with Gasteiger partial charge in [0, 0.05) is 9.13 Å². The van der Waals surface area contributed by atoms with E-state index in [0.717, 1.165) is 3.57 Å². The Morgan fingerprint density at radius 1 is 1.05 bits per heavy atom. The zero-order valence-corrected chi connectivity index (χ0v) is 12.3. The number of nitrogens with one attached hydrogen (secondary N) is 1. The van der Waals surface area contributed by atoms with E-state index in [0.29, 0.717) is 5.56 Å². The molecule has 0 atom stereocenters. The number of para-hydroxylation sites is 1. The number of carbonyl (C=O) groups excluding carboxylic acids is 1. The van der Waals surface area contributed by atoms with Crippen LogP contribution in [0.1, 0.15) is 20.7 Å². The topological polar surface area (TPSA) is 86.6 Å². The zero-order chi connectivity index (χ0) is 14.7. The fourth-order valence-corrected chi connectivity index (χ4v) is 1.97. The van der Waals surface area contributed by atoms with E-state index in [1.54, 1.807) is 24.3 Å².